The third-order valence-corrected chi connectivity index (χ3v) is 3.69. The Labute approximate surface area is 99.5 Å². The van der Waals surface area contributed by atoms with Gasteiger partial charge in [-0.05, 0) is 38.3 Å². The minimum Gasteiger partial charge on any atom is -0.325 e. The number of aliphatic imine (C=N–C) groups is 1. The lowest BCUT2D eigenvalue weighted by Crippen LogP contribution is -2.53. The number of hydrogen-bond donors (Lipinski definition) is 1. The van der Waals surface area contributed by atoms with Crippen molar-refractivity contribution in [3.8, 4) is 0 Å². The Hall–Kier alpha value is -0.700. The minimum atomic E-state index is -0.424. The maximum absolute atomic E-state index is 11.9. The fraction of sp³-hybridized carbons (Fsp3) is 0.846. The first-order valence-electron chi connectivity index (χ1n) is 5.83. The molecule has 0 aliphatic rings. The van der Waals surface area contributed by atoms with Crippen LogP contribution in [-0.4, -0.2) is 18.2 Å². The quantitative estimate of drug-likeness (QED) is 0.733. The first kappa shape index (κ1) is 15.3. The molecule has 0 rings (SSSR count). The van der Waals surface area contributed by atoms with Crippen LogP contribution in [0.4, 0.5) is 0 Å². The molecule has 0 aromatic heterocycles. The van der Waals surface area contributed by atoms with Crippen molar-refractivity contribution in [2.45, 2.75) is 53.5 Å². The van der Waals surface area contributed by atoms with Gasteiger partial charge in [-0.15, -0.1) is 0 Å². The van der Waals surface area contributed by atoms with Gasteiger partial charge in [-0.1, -0.05) is 27.7 Å². The standard InChI is InChI=1S/C13H26N2O/c1-9(2)8-10(11(16)15-7)12(3,4)13(5,6)14/h9-10H,7-8,14H2,1-6H3. The molecule has 0 aliphatic heterocycles. The van der Waals surface area contributed by atoms with E-state index in [9.17, 15) is 4.79 Å². The summed E-state index contributed by atoms with van der Waals surface area (Å²) in [5.41, 5.74) is 5.45. The fourth-order valence-electron chi connectivity index (χ4n) is 1.73. The van der Waals surface area contributed by atoms with Crippen molar-refractivity contribution < 1.29 is 4.79 Å². The zero-order chi connectivity index (χ0) is 13.1. The van der Waals surface area contributed by atoms with Crippen LogP contribution in [0.15, 0.2) is 4.99 Å². The molecule has 1 atom stereocenters. The van der Waals surface area contributed by atoms with Crippen LogP contribution in [0, 0.1) is 17.3 Å². The normalized spacial score (nSPS) is 15.0. The lowest BCUT2D eigenvalue weighted by molar-refractivity contribution is -0.127. The van der Waals surface area contributed by atoms with Crippen LogP contribution in [0.25, 0.3) is 0 Å². The summed E-state index contributed by atoms with van der Waals surface area (Å²) in [5, 5.41) is 0. The van der Waals surface area contributed by atoms with Gasteiger partial charge in [0.1, 0.15) is 0 Å². The summed E-state index contributed by atoms with van der Waals surface area (Å²) in [5.74, 6) is 0.138. The third-order valence-electron chi connectivity index (χ3n) is 3.69. The van der Waals surface area contributed by atoms with E-state index in [0.717, 1.165) is 6.42 Å². The topological polar surface area (TPSA) is 55.5 Å². The maximum atomic E-state index is 11.9. The molecule has 0 saturated carbocycles. The maximum Gasteiger partial charge on any atom is 0.248 e. The first-order chi connectivity index (χ1) is 7.04. The van der Waals surface area contributed by atoms with Crippen molar-refractivity contribution in [1.82, 2.24) is 0 Å². The van der Waals surface area contributed by atoms with Gasteiger partial charge in [0.25, 0.3) is 0 Å². The molecular formula is C13H26N2O. The average Bonchev–Trinajstić information content (AvgIpc) is 2.10. The molecule has 0 aliphatic carbocycles. The smallest absolute Gasteiger partial charge is 0.248 e. The lowest BCUT2D eigenvalue weighted by Gasteiger charge is -2.44. The Balaban J connectivity index is 5.17. The number of nitrogens with zero attached hydrogens (tertiary/aromatic N) is 1. The highest BCUT2D eigenvalue weighted by atomic mass is 16.1. The van der Waals surface area contributed by atoms with E-state index in [1.165, 1.54) is 0 Å². The molecule has 3 nitrogen and oxygen atoms in total. The van der Waals surface area contributed by atoms with E-state index in [-0.39, 0.29) is 17.2 Å². The van der Waals surface area contributed by atoms with E-state index in [1.54, 1.807) is 0 Å². The Morgan fingerprint density at radius 2 is 1.75 bits per heavy atom. The van der Waals surface area contributed by atoms with Gasteiger partial charge in [0, 0.05) is 11.5 Å². The second-order valence-corrected chi connectivity index (χ2v) is 6.12. The summed E-state index contributed by atoms with van der Waals surface area (Å²) in [4.78, 5) is 15.4. The van der Waals surface area contributed by atoms with Crippen LogP contribution < -0.4 is 5.73 Å². The van der Waals surface area contributed by atoms with E-state index in [0.29, 0.717) is 5.92 Å². The van der Waals surface area contributed by atoms with Crippen molar-refractivity contribution in [3.63, 3.8) is 0 Å². The molecule has 0 saturated heterocycles. The second kappa shape index (κ2) is 5.09. The van der Waals surface area contributed by atoms with Gasteiger partial charge in [0.15, 0.2) is 0 Å². The van der Waals surface area contributed by atoms with Crippen molar-refractivity contribution in [2.75, 3.05) is 0 Å². The summed E-state index contributed by atoms with van der Waals surface area (Å²) >= 11 is 0. The molecule has 0 fully saturated rings. The third kappa shape index (κ3) is 3.41. The SMILES string of the molecule is C=NC(=O)C(CC(C)C)C(C)(C)C(C)(C)N. The summed E-state index contributed by atoms with van der Waals surface area (Å²) in [6, 6.07) is 0. The molecule has 0 spiro atoms. The summed E-state index contributed by atoms with van der Waals surface area (Å²) < 4.78 is 0. The second-order valence-electron chi connectivity index (χ2n) is 6.12. The van der Waals surface area contributed by atoms with Gasteiger partial charge in [0.05, 0.1) is 0 Å². The number of nitrogens with two attached hydrogens (primary N) is 1. The number of amides is 1. The van der Waals surface area contributed by atoms with Gasteiger partial charge in [-0.2, -0.15) is 0 Å². The minimum absolute atomic E-state index is 0.141. The van der Waals surface area contributed by atoms with Crippen LogP contribution in [0.1, 0.15) is 48.0 Å². The van der Waals surface area contributed by atoms with Gasteiger partial charge >= 0.3 is 0 Å². The summed E-state index contributed by atoms with van der Waals surface area (Å²) in [6.07, 6.45) is 0.797. The van der Waals surface area contributed by atoms with E-state index < -0.39 is 5.54 Å². The van der Waals surface area contributed by atoms with Crippen molar-refractivity contribution >= 4 is 12.6 Å². The Kier molecular flexibility index (Phi) is 4.86. The van der Waals surface area contributed by atoms with Gasteiger partial charge in [-0.25, -0.2) is 4.99 Å². The molecule has 0 radical (unpaired) electrons. The highest BCUT2D eigenvalue weighted by molar-refractivity contribution is 5.83. The Morgan fingerprint density at radius 3 is 2.00 bits per heavy atom. The molecule has 1 amide bonds. The Bertz CT molecular complexity index is 262. The number of carbonyl (C=O) groups is 1. The fourth-order valence-corrected chi connectivity index (χ4v) is 1.73. The van der Waals surface area contributed by atoms with Gasteiger partial charge in [-0.3, -0.25) is 4.79 Å². The molecule has 94 valence electrons. The van der Waals surface area contributed by atoms with E-state index in [2.05, 4.69) is 25.6 Å². The molecule has 16 heavy (non-hydrogen) atoms. The largest absolute Gasteiger partial charge is 0.325 e. The molecule has 0 aromatic carbocycles. The zero-order valence-electron chi connectivity index (χ0n) is 11.5. The first-order valence-corrected chi connectivity index (χ1v) is 5.83. The zero-order valence-corrected chi connectivity index (χ0v) is 11.5. The predicted molar refractivity (Wildman–Crippen MR) is 69.5 cm³/mol. The van der Waals surface area contributed by atoms with Crippen LogP contribution in [-0.2, 0) is 4.79 Å². The summed E-state index contributed by atoms with van der Waals surface area (Å²) in [7, 11) is 0. The van der Waals surface area contributed by atoms with E-state index in [4.69, 9.17) is 5.73 Å². The van der Waals surface area contributed by atoms with Crippen molar-refractivity contribution in [3.05, 3.63) is 0 Å². The highest BCUT2D eigenvalue weighted by Crippen LogP contribution is 2.40. The molecule has 3 heteroatoms. The van der Waals surface area contributed by atoms with Crippen LogP contribution in [0.3, 0.4) is 0 Å². The van der Waals surface area contributed by atoms with Crippen molar-refractivity contribution in [2.24, 2.45) is 28.0 Å². The van der Waals surface area contributed by atoms with E-state index in [1.807, 2.05) is 27.7 Å². The van der Waals surface area contributed by atoms with Gasteiger partial charge in [0.2, 0.25) is 5.91 Å². The number of rotatable bonds is 5. The average molecular weight is 226 g/mol. The molecule has 0 aromatic rings. The summed E-state index contributed by atoms with van der Waals surface area (Å²) in [6.45, 7) is 15.5. The molecule has 0 bridgehead atoms. The molecule has 0 heterocycles. The predicted octanol–water partition coefficient (Wildman–Crippen LogP) is 2.64. The highest BCUT2D eigenvalue weighted by Gasteiger charge is 2.44. The number of hydrogen-bond acceptors (Lipinski definition) is 2. The molecule has 1 unspecified atom stereocenters. The van der Waals surface area contributed by atoms with Gasteiger partial charge < -0.3 is 5.73 Å². The van der Waals surface area contributed by atoms with Crippen LogP contribution >= 0.6 is 0 Å². The monoisotopic (exact) mass is 226 g/mol. The number of carbonyl (C=O) groups excluding carboxylic acids is 1. The lowest BCUT2D eigenvalue weighted by atomic mass is 9.64. The van der Waals surface area contributed by atoms with E-state index >= 15 is 0 Å². The van der Waals surface area contributed by atoms with Crippen LogP contribution in [0.2, 0.25) is 0 Å². The van der Waals surface area contributed by atoms with Crippen molar-refractivity contribution in [1.29, 1.82) is 0 Å². The molecule has 2 N–H and O–H groups in total. The Morgan fingerprint density at radius 1 is 1.31 bits per heavy atom. The molecular weight excluding hydrogens is 200 g/mol. The van der Waals surface area contributed by atoms with Crippen LogP contribution in [0.5, 0.6) is 0 Å².